The zero-order valence-corrected chi connectivity index (χ0v) is 16.2. The lowest BCUT2D eigenvalue weighted by Crippen LogP contribution is -2.12. The highest BCUT2D eigenvalue weighted by atomic mass is 16.5. The Labute approximate surface area is 173 Å². The molecule has 0 aliphatic carbocycles. The number of terminal acetylenes is 1. The van der Waals surface area contributed by atoms with Gasteiger partial charge in [0.15, 0.2) is 22.8 Å². The fourth-order valence-corrected chi connectivity index (χ4v) is 2.74. The number of carbonyl (C=O) groups is 2. The van der Waals surface area contributed by atoms with E-state index in [-0.39, 0.29) is 18.2 Å². The van der Waals surface area contributed by atoms with Gasteiger partial charge in [0.1, 0.15) is 6.61 Å². The Morgan fingerprint density at radius 2 is 1.97 bits per heavy atom. The summed E-state index contributed by atoms with van der Waals surface area (Å²) in [4.78, 5) is 24.2. The molecule has 3 rings (SSSR count). The van der Waals surface area contributed by atoms with Crippen LogP contribution in [0.15, 0.2) is 65.7 Å². The molecule has 1 aliphatic rings. The molecule has 7 heteroatoms. The van der Waals surface area contributed by atoms with Crippen LogP contribution in [0.5, 0.6) is 11.5 Å². The number of carbonyl (C=O) groups excluding carboxylic acids is 1. The van der Waals surface area contributed by atoms with Crippen LogP contribution in [0.2, 0.25) is 0 Å². The van der Waals surface area contributed by atoms with Gasteiger partial charge >= 0.3 is 5.97 Å². The molecule has 2 aromatic carbocycles. The number of ketones is 1. The van der Waals surface area contributed by atoms with E-state index in [0.29, 0.717) is 29.4 Å². The molecule has 0 fully saturated rings. The van der Waals surface area contributed by atoms with Crippen LogP contribution in [-0.2, 0) is 14.3 Å². The largest absolute Gasteiger partial charge is 0.490 e. The van der Waals surface area contributed by atoms with Gasteiger partial charge in [-0.2, -0.15) is 0 Å². The second-order valence-electron chi connectivity index (χ2n) is 6.07. The number of hydrogen-bond acceptors (Lipinski definition) is 6. The van der Waals surface area contributed by atoms with Gasteiger partial charge in [0.25, 0.3) is 0 Å². The number of hydrogen-bond donors (Lipinski definition) is 2. The van der Waals surface area contributed by atoms with Gasteiger partial charge in [-0.1, -0.05) is 30.2 Å². The molecule has 1 aliphatic heterocycles. The van der Waals surface area contributed by atoms with Gasteiger partial charge in [0.2, 0.25) is 11.7 Å². The van der Waals surface area contributed by atoms with Crippen molar-refractivity contribution in [1.29, 1.82) is 0 Å². The van der Waals surface area contributed by atoms with Crippen LogP contribution in [-0.4, -0.2) is 30.1 Å². The van der Waals surface area contributed by atoms with E-state index in [1.165, 1.54) is 6.08 Å². The summed E-state index contributed by atoms with van der Waals surface area (Å²) >= 11 is 0. The zero-order valence-electron chi connectivity index (χ0n) is 16.2. The average Bonchev–Trinajstić information content (AvgIpc) is 3.03. The third-order valence-electron chi connectivity index (χ3n) is 4.01. The first-order valence-corrected chi connectivity index (χ1v) is 9.10. The Hall–Kier alpha value is -4.18. The van der Waals surface area contributed by atoms with Crippen LogP contribution in [0.1, 0.15) is 12.5 Å². The van der Waals surface area contributed by atoms with Crippen molar-refractivity contribution >= 4 is 23.5 Å². The Morgan fingerprint density at radius 1 is 1.20 bits per heavy atom. The third kappa shape index (κ3) is 4.62. The SMILES string of the molecule is C#CCOc1ccc(/C=C2\OC(Nc3ccccc3)=C(C(=O)O)C2=O)cc1OCC. The minimum absolute atomic E-state index is 0.0858. The van der Waals surface area contributed by atoms with Gasteiger partial charge < -0.3 is 24.6 Å². The number of benzene rings is 2. The lowest BCUT2D eigenvalue weighted by Gasteiger charge is -2.11. The monoisotopic (exact) mass is 405 g/mol. The van der Waals surface area contributed by atoms with Gasteiger partial charge in [-0.3, -0.25) is 4.79 Å². The highest BCUT2D eigenvalue weighted by molar-refractivity contribution is 6.26. The van der Waals surface area contributed by atoms with Gasteiger partial charge in [-0.05, 0) is 42.8 Å². The minimum atomic E-state index is -1.38. The van der Waals surface area contributed by atoms with Gasteiger partial charge in [-0.25, -0.2) is 4.79 Å². The normalized spacial score (nSPS) is 14.3. The van der Waals surface area contributed by atoms with Crippen LogP contribution in [0.25, 0.3) is 6.08 Å². The van der Waals surface area contributed by atoms with E-state index in [4.69, 9.17) is 20.6 Å². The second kappa shape index (κ2) is 9.34. The number of anilines is 1. The number of nitrogens with one attached hydrogen (secondary N) is 1. The van der Waals surface area contributed by atoms with Crippen molar-refractivity contribution < 1.29 is 28.9 Å². The van der Waals surface area contributed by atoms with Crippen molar-refractivity contribution in [2.75, 3.05) is 18.5 Å². The van der Waals surface area contributed by atoms with E-state index in [1.54, 1.807) is 42.5 Å². The van der Waals surface area contributed by atoms with Crippen LogP contribution in [0.4, 0.5) is 5.69 Å². The number of carboxylic acids is 1. The molecule has 1 heterocycles. The van der Waals surface area contributed by atoms with E-state index >= 15 is 0 Å². The second-order valence-corrected chi connectivity index (χ2v) is 6.07. The van der Waals surface area contributed by atoms with Gasteiger partial charge in [0.05, 0.1) is 6.61 Å². The smallest absolute Gasteiger partial charge is 0.345 e. The fraction of sp³-hybridized carbons (Fsp3) is 0.130. The van der Waals surface area contributed by atoms with Crippen molar-refractivity contribution in [3.8, 4) is 23.8 Å². The van der Waals surface area contributed by atoms with E-state index < -0.39 is 17.3 Å². The van der Waals surface area contributed by atoms with Crippen molar-refractivity contribution in [1.82, 2.24) is 0 Å². The highest BCUT2D eigenvalue weighted by Gasteiger charge is 2.36. The molecule has 0 spiro atoms. The summed E-state index contributed by atoms with van der Waals surface area (Å²) < 4.78 is 16.6. The number of allylic oxidation sites excluding steroid dienone is 1. The van der Waals surface area contributed by atoms with Crippen molar-refractivity contribution in [3.63, 3.8) is 0 Å². The lowest BCUT2D eigenvalue weighted by atomic mass is 10.1. The van der Waals surface area contributed by atoms with Gasteiger partial charge in [-0.15, -0.1) is 6.42 Å². The van der Waals surface area contributed by atoms with Crippen LogP contribution >= 0.6 is 0 Å². The third-order valence-corrected chi connectivity index (χ3v) is 4.01. The number of carboxylic acid groups (broad SMARTS) is 1. The molecule has 152 valence electrons. The van der Waals surface area contributed by atoms with Crippen molar-refractivity contribution in [3.05, 3.63) is 71.3 Å². The topological polar surface area (TPSA) is 94.1 Å². The fourth-order valence-electron chi connectivity index (χ4n) is 2.74. The molecule has 0 aromatic heterocycles. The molecule has 0 amide bonds. The quantitative estimate of drug-likeness (QED) is 0.395. The van der Waals surface area contributed by atoms with Crippen molar-refractivity contribution in [2.45, 2.75) is 6.92 Å². The first-order valence-electron chi connectivity index (χ1n) is 9.10. The average molecular weight is 405 g/mol. The van der Waals surface area contributed by atoms with Crippen LogP contribution < -0.4 is 14.8 Å². The summed E-state index contributed by atoms with van der Waals surface area (Å²) in [6.45, 7) is 2.31. The van der Waals surface area contributed by atoms with E-state index in [1.807, 2.05) is 13.0 Å². The number of para-hydroxylation sites is 1. The summed E-state index contributed by atoms with van der Waals surface area (Å²) in [6, 6.07) is 13.8. The number of rotatable bonds is 8. The zero-order chi connectivity index (χ0) is 21.5. The molecule has 7 nitrogen and oxygen atoms in total. The molecule has 0 saturated heterocycles. The van der Waals surface area contributed by atoms with Gasteiger partial charge in [0, 0.05) is 5.69 Å². The molecular formula is C23H19NO6. The maximum absolute atomic E-state index is 12.6. The summed E-state index contributed by atoms with van der Waals surface area (Å²) in [5.74, 6) is 0.928. The predicted octanol–water partition coefficient (Wildman–Crippen LogP) is 3.45. The Kier molecular flexibility index (Phi) is 6.40. The minimum Gasteiger partial charge on any atom is -0.490 e. The number of Topliss-reactive ketones (excluding diaryl/α,β-unsaturated/α-hetero) is 1. The Balaban J connectivity index is 1.89. The molecular weight excluding hydrogens is 386 g/mol. The number of ether oxygens (including phenoxy) is 3. The molecule has 2 N–H and O–H groups in total. The standard InChI is InChI=1S/C23H19NO6/c1-3-12-29-17-11-10-15(13-18(17)28-4-2)14-19-21(25)20(23(26)27)22(30-19)24-16-8-6-5-7-9-16/h1,5-11,13-14,24H,4,12H2,2H3,(H,26,27)/b19-14-. The summed E-state index contributed by atoms with van der Waals surface area (Å²) in [5, 5.41) is 12.3. The molecule has 0 saturated carbocycles. The molecule has 0 bridgehead atoms. The highest BCUT2D eigenvalue weighted by Crippen LogP contribution is 2.32. The summed E-state index contributed by atoms with van der Waals surface area (Å²) in [5.41, 5.74) is 0.693. The molecule has 0 unspecified atom stereocenters. The van der Waals surface area contributed by atoms with E-state index in [2.05, 4.69) is 11.2 Å². The van der Waals surface area contributed by atoms with Crippen LogP contribution in [0, 0.1) is 12.3 Å². The summed E-state index contributed by atoms with van der Waals surface area (Å²) in [7, 11) is 0. The molecule has 0 radical (unpaired) electrons. The number of aliphatic carboxylic acids is 1. The van der Waals surface area contributed by atoms with Crippen molar-refractivity contribution in [2.24, 2.45) is 0 Å². The lowest BCUT2D eigenvalue weighted by molar-refractivity contribution is -0.134. The Morgan fingerprint density at radius 3 is 2.63 bits per heavy atom. The first kappa shape index (κ1) is 20.6. The molecule has 0 atom stereocenters. The van der Waals surface area contributed by atoms with E-state index in [0.717, 1.165) is 0 Å². The molecule has 30 heavy (non-hydrogen) atoms. The maximum Gasteiger partial charge on any atom is 0.345 e. The first-order chi connectivity index (χ1) is 14.5. The molecule has 2 aromatic rings. The summed E-state index contributed by atoms with van der Waals surface area (Å²) in [6.07, 6.45) is 6.67. The maximum atomic E-state index is 12.6. The Bertz CT molecular complexity index is 1060. The predicted molar refractivity (Wildman–Crippen MR) is 111 cm³/mol. The van der Waals surface area contributed by atoms with Crippen LogP contribution in [0.3, 0.4) is 0 Å². The van der Waals surface area contributed by atoms with E-state index in [9.17, 15) is 14.7 Å².